The van der Waals surface area contributed by atoms with Crippen LogP contribution in [0.1, 0.15) is 6.42 Å². The number of nitrogens with zero attached hydrogens (tertiary/aromatic N) is 1. The Morgan fingerprint density at radius 2 is 2.04 bits per heavy atom. The van der Waals surface area contributed by atoms with Crippen molar-refractivity contribution in [3.63, 3.8) is 0 Å². The lowest BCUT2D eigenvalue weighted by Gasteiger charge is -2.29. The average molecular weight is 395 g/mol. The SMILES string of the molecule is COc1ccccc1Oc1ccc(NC(=O)N[C@@H]2CNCC[C@H]2O)cn1.Cl. The largest absolute Gasteiger partial charge is 0.493 e. The molecule has 3 rings (SSSR count). The number of aliphatic hydroxyl groups is 1. The maximum atomic E-state index is 12.0. The van der Waals surface area contributed by atoms with E-state index in [1.165, 1.54) is 6.20 Å². The van der Waals surface area contributed by atoms with E-state index in [4.69, 9.17) is 9.47 Å². The second-order valence-electron chi connectivity index (χ2n) is 5.90. The molecule has 0 aliphatic carbocycles. The third kappa shape index (κ3) is 5.72. The van der Waals surface area contributed by atoms with Crippen LogP contribution in [0.4, 0.5) is 10.5 Å². The van der Waals surface area contributed by atoms with Crippen LogP contribution in [-0.2, 0) is 0 Å². The number of amides is 2. The number of aromatic nitrogens is 1. The van der Waals surface area contributed by atoms with Gasteiger partial charge >= 0.3 is 6.03 Å². The number of urea groups is 1. The summed E-state index contributed by atoms with van der Waals surface area (Å²) in [5.74, 6) is 1.54. The van der Waals surface area contributed by atoms with Crippen LogP contribution in [0.15, 0.2) is 42.6 Å². The molecule has 1 saturated heterocycles. The fraction of sp³-hybridized carbons (Fsp3) is 0.333. The smallest absolute Gasteiger partial charge is 0.319 e. The molecule has 0 radical (unpaired) electrons. The monoisotopic (exact) mass is 394 g/mol. The molecule has 0 spiro atoms. The maximum Gasteiger partial charge on any atom is 0.319 e. The van der Waals surface area contributed by atoms with Crippen LogP contribution >= 0.6 is 12.4 Å². The minimum Gasteiger partial charge on any atom is -0.493 e. The first kappa shape index (κ1) is 20.8. The fourth-order valence-corrected chi connectivity index (χ4v) is 2.66. The molecule has 1 aromatic heterocycles. The van der Waals surface area contributed by atoms with Crippen molar-refractivity contribution in [2.24, 2.45) is 0 Å². The highest BCUT2D eigenvalue weighted by molar-refractivity contribution is 5.89. The van der Waals surface area contributed by atoms with Crippen molar-refractivity contribution in [2.75, 3.05) is 25.5 Å². The number of carbonyl (C=O) groups is 1. The highest BCUT2D eigenvalue weighted by Gasteiger charge is 2.24. The summed E-state index contributed by atoms with van der Waals surface area (Å²) in [4.78, 5) is 16.2. The number of anilines is 1. The van der Waals surface area contributed by atoms with Crippen LogP contribution in [0.25, 0.3) is 0 Å². The Labute approximate surface area is 163 Å². The summed E-state index contributed by atoms with van der Waals surface area (Å²) in [5, 5.41) is 18.5. The highest BCUT2D eigenvalue weighted by atomic mass is 35.5. The number of aliphatic hydroxyl groups excluding tert-OH is 1. The van der Waals surface area contributed by atoms with Crippen molar-refractivity contribution in [3.05, 3.63) is 42.6 Å². The lowest BCUT2D eigenvalue weighted by Crippen LogP contribution is -2.54. The van der Waals surface area contributed by atoms with E-state index in [9.17, 15) is 9.90 Å². The summed E-state index contributed by atoms with van der Waals surface area (Å²) in [6, 6.07) is 9.90. The first-order valence-electron chi connectivity index (χ1n) is 8.39. The number of hydrogen-bond donors (Lipinski definition) is 4. The minimum absolute atomic E-state index is 0. The summed E-state index contributed by atoms with van der Waals surface area (Å²) in [7, 11) is 1.57. The van der Waals surface area contributed by atoms with Crippen LogP contribution in [0.2, 0.25) is 0 Å². The number of piperidine rings is 1. The second kappa shape index (κ2) is 9.96. The number of carbonyl (C=O) groups excluding carboxylic acids is 1. The molecular formula is C18H23ClN4O4. The van der Waals surface area contributed by atoms with Crippen molar-refractivity contribution >= 4 is 24.1 Å². The molecular weight excluding hydrogens is 372 g/mol. The van der Waals surface area contributed by atoms with Crippen molar-refractivity contribution in [1.82, 2.24) is 15.6 Å². The molecule has 0 bridgehead atoms. The Hall–Kier alpha value is -2.55. The zero-order valence-corrected chi connectivity index (χ0v) is 15.7. The normalized spacial score (nSPS) is 18.7. The van der Waals surface area contributed by atoms with Gasteiger partial charge in [0.15, 0.2) is 11.5 Å². The first-order chi connectivity index (χ1) is 12.7. The number of methoxy groups -OCH3 is 1. The minimum atomic E-state index is -0.545. The van der Waals surface area contributed by atoms with Crippen molar-refractivity contribution in [1.29, 1.82) is 0 Å². The van der Waals surface area contributed by atoms with Gasteiger partial charge in [-0.1, -0.05) is 12.1 Å². The molecule has 2 atom stereocenters. The molecule has 9 heteroatoms. The number of nitrogens with one attached hydrogen (secondary N) is 3. The van der Waals surface area contributed by atoms with Gasteiger partial charge in [0.25, 0.3) is 0 Å². The van der Waals surface area contributed by atoms with E-state index in [0.717, 1.165) is 6.54 Å². The lowest BCUT2D eigenvalue weighted by molar-refractivity contribution is 0.103. The maximum absolute atomic E-state index is 12.0. The highest BCUT2D eigenvalue weighted by Crippen LogP contribution is 2.30. The number of rotatable bonds is 5. The second-order valence-corrected chi connectivity index (χ2v) is 5.90. The predicted octanol–water partition coefficient (Wildman–Crippen LogP) is 2.15. The van der Waals surface area contributed by atoms with Crippen molar-refractivity contribution in [3.8, 4) is 17.4 Å². The number of hydrogen-bond acceptors (Lipinski definition) is 6. The van der Waals surface area contributed by atoms with Gasteiger partial charge in [0.05, 0.1) is 31.1 Å². The molecule has 2 heterocycles. The van der Waals surface area contributed by atoms with Gasteiger partial charge in [-0.15, -0.1) is 12.4 Å². The summed E-state index contributed by atoms with van der Waals surface area (Å²) < 4.78 is 10.9. The van der Waals surface area contributed by atoms with E-state index in [1.54, 1.807) is 31.4 Å². The standard InChI is InChI=1S/C18H22N4O4.ClH/c1-25-15-4-2-3-5-16(15)26-17-7-6-12(10-20-17)21-18(24)22-13-11-19-9-8-14(13)23;/h2-7,10,13-14,19,23H,8-9,11H2,1H3,(H2,21,22,24);1H/t13-,14-;/m1./s1. The van der Waals surface area contributed by atoms with Gasteiger partial charge in [0.2, 0.25) is 5.88 Å². The molecule has 2 amide bonds. The zero-order chi connectivity index (χ0) is 18.4. The van der Waals surface area contributed by atoms with Gasteiger partial charge in [-0.2, -0.15) is 0 Å². The van der Waals surface area contributed by atoms with Crippen LogP contribution < -0.4 is 25.4 Å². The van der Waals surface area contributed by atoms with E-state index in [2.05, 4.69) is 20.9 Å². The molecule has 8 nitrogen and oxygen atoms in total. The number of pyridine rings is 1. The zero-order valence-electron chi connectivity index (χ0n) is 14.8. The summed E-state index contributed by atoms with van der Waals surface area (Å²) in [6.45, 7) is 1.29. The molecule has 0 unspecified atom stereocenters. The van der Waals surface area contributed by atoms with Crippen LogP contribution in [0.3, 0.4) is 0 Å². The summed E-state index contributed by atoms with van der Waals surface area (Å²) >= 11 is 0. The molecule has 2 aromatic rings. The molecule has 4 N–H and O–H groups in total. The fourth-order valence-electron chi connectivity index (χ4n) is 2.66. The summed E-state index contributed by atoms with van der Waals surface area (Å²) in [5.41, 5.74) is 0.521. The Bertz CT molecular complexity index is 744. The van der Waals surface area contributed by atoms with Gasteiger partial charge in [-0.3, -0.25) is 0 Å². The van der Waals surface area contributed by atoms with Crippen molar-refractivity contribution in [2.45, 2.75) is 18.6 Å². The van der Waals surface area contributed by atoms with E-state index >= 15 is 0 Å². The number of halogens is 1. The molecule has 1 aliphatic heterocycles. The van der Waals surface area contributed by atoms with Crippen LogP contribution in [0.5, 0.6) is 17.4 Å². The summed E-state index contributed by atoms with van der Waals surface area (Å²) in [6.07, 6.45) is 1.57. The molecule has 146 valence electrons. The van der Waals surface area contributed by atoms with Gasteiger partial charge in [0.1, 0.15) is 0 Å². The Morgan fingerprint density at radius 3 is 2.70 bits per heavy atom. The lowest BCUT2D eigenvalue weighted by atomic mass is 10.0. The van der Waals surface area contributed by atoms with Gasteiger partial charge < -0.3 is 30.5 Å². The van der Waals surface area contributed by atoms with Crippen molar-refractivity contribution < 1.29 is 19.4 Å². The van der Waals surface area contributed by atoms with Crippen LogP contribution in [-0.4, -0.2) is 48.5 Å². The number of benzene rings is 1. The molecule has 0 saturated carbocycles. The molecule has 1 fully saturated rings. The molecule has 27 heavy (non-hydrogen) atoms. The van der Waals surface area contributed by atoms with E-state index < -0.39 is 12.1 Å². The Kier molecular flexibility index (Phi) is 7.66. The Morgan fingerprint density at radius 1 is 1.26 bits per heavy atom. The first-order valence-corrected chi connectivity index (χ1v) is 8.39. The van der Waals surface area contributed by atoms with Gasteiger partial charge in [-0.05, 0) is 31.2 Å². The quantitative estimate of drug-likeness (QED) is 0.619. The predicted molar refractivity (Wildman–Crippen MR) is 104 cm³/mol. The van der Waals surface area contributed by atoms with E-state index in [0.29, 0.717) is 36.0 Å². The molecule has 1 aromatic carbocycles. The van der Waals surface area contributed by atoms with Gasteiger partial charge in [0, 0.05) is 12.6 Å². The topological polar surface area (TPSA) is 105 Å². The third-order valence-corrected chi connectivity index (χ3v) is 4.04. The molecule has 1 aliphatic rings. The third-order valence-electron chi connectivity index (χ3n) is 4.04. The van der Waals surface area contributed by atoms with Crippen LogP contribution in [0, 0.1) is 0 Å². The average Bonchev–Trinajstić information content (AvgIpc) is 2.66. The number of ether oxygens (including phenoxy) is 2. The Balaban J connectivity index is 0.00000261. The van der Waals surface area contributed by atoms with Gasteiger partial charge in [-0.25, -0.2) is 9.78 Å². The van der Waals surface area contributed by atoms with E-state index in [1.807, 2.05) is 12.1 Å². The van der Waals surface area contributed by atoms with E-state index in [-0.39, 0.29) is 18.4 Å². The number of para-hydroxylation sites is 2.